The number of aliphatic carboxylic acids is 1. The van der Waals surface area contributed by atoms with E-state index in [-0.39, 0.29) is 24.9 Å². The Morgan fingerprint density at radius 1 is 1.47 bits per heavy atom. The average molecular weight is 212 g/mol. The van der Waals surface area contributed by atoms with Gasteiger partial charge in [0, 0.05) is 12.5 Å². The van der Waals surface area contributed by atoms with Gasteiger partial charge in [0.2, 0.25) is 5.91 Å². The largest absolute Gasteiger partial charge is 0.480 e. The molecule has 0 fully saturated rings. The lowest BCUT2D eigenvalue weighted by atomic mass is 10.2. The molecular formula is C10H16N2O3. The van der Waals surface area contributed by atoms with Crippen LogP contribution in [0.4, 0.5) is 0 Å². The van der Waals surface area contributed by atoms with E-state index in [0.29, 0.717) is 0 Å². The average Bonchev–Trinajstić information content (AvgIpc) is 2.14. The molecule has 84 valence electrons. The molecule has 1 amide bonds. The van der Waals surface area contributed by atoms with Gasteiger partial charge in [-0.1, -0.05) is 13.8 Å². The maximum Gasteiger partial charge on any atom is 0.327 e. The standard InChI is InChI=1S/C10H16N2O3/c1-4-5-8(10(14)15)12-9(13)6-11-7(2)3/h1,7-8,11H,5-6H2,2-3H3,(H,12,13)(H,14,15). The predicted octanol–water partition coefficient (Wildman–Crippen LogP) is -0.423. The van der Waals surface area contributed by atoms with E-state index in [1.54, 1.807) is 0 Å². The van der Waals surface area contributed by atoms with Crippen LogP contribution in [-0.4, -0.2) is 35.6 Å². The third kappa shape index (κ3) is 6.52. The van der Waals surface area contributed by atoms with Crippen molar-refractivity contribution < 1.29 is 14.7 Å². The highest BCUT2D eigenvalue weighted by Crippen LogP contribution is 1.90. The van der Waals surface area contributed by atoms with Gasteiger partial charge in [-0.2, -0.15) is 0 Å². The smallest absolute Gasteiger partial charge is 0.327 e. The van der Waals surface area contributed by atoms with Crippen LogP contribution in [0.1, 0.15) is 20.3 Å². The van der Waals surface area contributed by atoms with Crippen molar-refractivity contribution >= 4 is 11.9 Å². The van der Waals surface area contributed by atoms with E-state index in [1.807, 2.05) is 13.8 Å². The van der Waals surface area contributed by atoms with E-state index in [0.717, 1.165) is 0 Å². The molecule has 0 bridgehead atoms. The molecule has 0 radical (unpaired) electrons. The topological polar surface area (TPSA) is 78.4 Å². The van der Waals surface area contributed by atoms with Crippen LogP contribution in [0, 0.1) is 12.3 Å². The third-order valence-electron chi connectivity index (χ3n) is 1.63. The highest BCUT2D eigenvalue weighted by molar-refractivity contribution is 5.84. The minimum Gasteiger partial charge on any atom is -0.480 e. The summed E-state index contributed by atoms with van der Waals surface area (Å²) in [6.45, 7) is 3.87. The first kappa shape index (κ1) is 13.5. The first-order valence-corrected chi connectivity index (χ1v) is 4.66. The molecular weight excluding hydrogens is 196 g/mol. The number of rotatable bonds is 6. The van der Waals surface area contributed by atoms with Gasteiger partial charge < -0.3 is 15.7 Å². The maximum atomic E-state index is 11.2. The molecule has 0 saturated carbocycles. The quantitative estimate of drug-likeness (QED) is 0.522. The van der Waals surface area contributed by atoms with Gasteiger partial charge in [0.15, 0.2) is 0 Å². The molecule has 0 aromatic carbocycles. The van der Waals surface area contributed by atoms with Crippen molar-refractivity contribution in [2.24, 2.45) is 0 Å². The molecule has 0 rings (SSSR count). The lowest BCUT2D eigenvalue weighted by Gasteiger charge is -2.13. The van der Waals surface area contributed by atoms with Crippen LogP contribution < -0.4 is 10.6 Å². The Kier molecular flexibility index (Phi) is 6.14. The molecule has 0 spiro atoms. The second-order valence-electron chi connectivity index (χ2n) is 3.40. The fourth-order valence-corrected chi connectivity index (χ4v) is 0.860. The van der Waals surface area contributed by atoms with Crippen LogP contribution in [-0.2, 0) is 9.59 Å². The van der Waals surface area contributed by atoms with Crippen molar-refractivity contribution in [1.29, 1.82) is 0 Å². The molecule has 0 aliphatic rings. The molecule has 0 heterocycles. The summed E-state index contributed by atoms with van der Waals surface area (Å²) >= 11 is 0. The number of nitrogens with one attached hydrogen (secondary N) is 2. The Labute approximate surface area is 89.2 Å². The lowest BCUT2D eigenvalue weighted by Crippen LogP contribution is -2.45. The summed E-state index contributed by atoms with van der Waals surface area (Å²) < 4.78 is 0. The molecule has 1 atom stereocenters. The summed E-state index contributed by atoms with van der Waals surface area (Å²) in [6.07, 6.45) is 4.97. The first-order chi connectivity index (χ1) is 6.97. The van der Waals surface area contributed by atoms with E-state index in [4.69, 9.17) is 11.5 Å². The van der Waals surface area contributed by atoms with Gasteiger partial charge in [-0.25, -0.2) is 4.79 Å². The van der Waals surface area contributed by atoms with E-state index < -0.39 is 12.0 Å². The van der Waals surface area contributed by atoms with Crippen LogP contribution in [0.2, 0.25) is 0 Å². The van der Waals surface area contributed by atoms with Crippen LogP contribution in [0.5, 0.6) is 0 Å². The van der Waals surface area contributed by atoms with Gasteiger partial charge in [-0.3, -0.25) is 4.79 Å². The fourth-order valence-electron chi connectivity index (χ4n) is 0.860. The number of amides is 1. The van der Waals surface area contributed by atoms with E-state index in [1.165, 1.54) is 0 Å². The molecule has 0 saturated heterocycles. The van der Waals surface area contributed by atoms with Gasteiger partial charge in [0.25, 0.3) is 0 Å². The summed E-state index contributed by atoms with van der Waals surface area (Å²) in [5.74, 6) is 0.715. The second kappa shape index (κ2) is 6.85. The maximum absolute atomic E-state index is 11.2. The Morgan fingerprint density at radius 2 is 2.07 bits per heavy atom. The van der Waals surface area contributed by atoms with Crippen molar-refractivity contribution in [1.82, 2.24) is 10.6 Å². The summed E-state index contributed by atoms with van der Waals surface area (Å²) in [5, 5.41) is 13.9. The number of carboxylic acids is 1. The molecule has 15 heavy (non-hydrogen) atoms. The van der Waals surface area contributed by atoms with E-state index >= 15 is 0 Å². The minimum atomic E-state index is -1.12. The van der Waals surface area contributed by atoms with Crippen LogP contribution in [0.3, 0.4) is 0 Å². The van der Waals surface area contributed by atoms with Crippen LogP contribution >= 0.6 is 0 Å². The monoisotopic (exact) mass is 212 g/mol. The molecule has 0 aromatic rings. The highest BCUT2D eigenvalue weighted by atomic mass is 16.4. The Balaban J connectivity index is 4.01. The molecule has 5 heteroatoms. The zero-order chi connectivity index (χ0) is 11.8. The number of carboxylic acid groups (broad SMARTS) is 1. The number of carbonyl (C=O) groups is 2. The van der Waals surface area contributed by atoms with Crippen molar-refractivity contribution in [3.8, 4) is 12.3 Å². The SMILES string of the molecule is C#CCC(NC(=O)CNC(C)C)C(=O)O. The van der Waals surface area contributed by atoms with E-state index in [9.17, 15) is 9.59 Å². The predicted molar refractivity (Wildman–Crippen MR) is 56.2 cm³/mol. The van der Waals surface area contributed by atoms with Crippen molar-refractivity contribution in [3.05, 3.63) is 0 Å². The first-order valence-electron chi connectivity index (χ1n) is 4.66. The summed E-state index contributed by atoms with van der Waals surface area (Å²) in [5.41, 5.74) is 0. The number of hydrogen-bond donors (Lipinski definition) is 3. The van der Waals surface area contributed by atoms with Gasteiger partial charge in [-0.05, 0) is 0 Å². The second-order valence-corrected chi connectivity index (χ2v) is 3.40. The zero-order valence-corrected chi connectivity index (χ0v) is 8.91. The summed E-state index contributed by atoms with van der Waals surface area (Å²) in [6, 6.07) is -0.830. The lowest BCUT2D eigenvalue weighted by molar-refractivity contribution is -0.141. The molecule has 0 aliphatic carbocycles. The number of hydrogen-bond acceptors (Lipinski definition) is 3. The Hall–Kier alpha value is -1.54. The Bertz CT molecular complexity index is 268. The van der Waals surface area contributed by atoms with Gasteiger partial charge in [0.1, 0.15) is 6.04 Å². The van der Waals surface area contributed by atoms with Crippen molar-refractivity contribution in [3.63, 3.8) is 0 Å². The zero-order valence-electron chi connectivity index (χ0n) is 8.91. The molecule has 0 aromatic heterocycles. The van der Waals surface area contributed by atoms with Gasteiger partial charge in [0.05, 0.1) is 6.54 Å². The van der Waals surface area contributed by atoms with Gasteiger partial charge >= 0.3 is 5.97 Å². The number of carbonyl (C=O) groups excluding carboxylic acids is 1. The summed E-state index contributed by atoms with van der Waals surface area (Å²) in [7, 11) is 0. The van der Waals surface area contributed by atoms with E-state index in [2.05, 4.69) is 16.6 Å². The number of terminal acetylenes is 1. The van der Waals surface area contributed by atoms with Crippen LogP contribution in [0.15, 0.2) is 0 Å². The molecule has 5 nitrogen and oxygen atoms in total. The van der Waals surface area contributed by atoms with Crippen molar-refractivity contribution in [2.75, 3.05) is 6.54 Å². The van der Waals surface area contributed by atoms with Crippen molar-refractivity contribution in [2.45, 2.75) is 32.4 Å². The third-order valence-corrected chi connectivity index (χ3v) is 1.63. The molecule has 1 unspecified atom stereocenters. The van der Waals surface area contributed by atoms with Crippen LogP contribution in [0.25, 0.3) is 0 Å². The minimum absolute atomic E-state index is 0.0112. The van der Waals surface area contributed by atoms with Gasteiger partial charge in [-0.15, -0.1) is 12.3 Å². The summed E-state index contributed by atoms with van der Waals surface area (Å²) in [4.78, 5) is 21.9. The Morgan fingerprint density at radius 3 is 2.47 bits per heavy atom. The fraction of sp³-hybridized carbons (Fsp3) is 0.600. The highest BCUT2D eigenvalue weighted by Gasteiger charge is 2.18. The molecule has 3 N–H and O–H groups in total. The normalized spacial score (nSPS) is 11.9. The molecule has 0 aliphatic heterocycles.